The average molecular weight is 380 g/mol. The van der Waals surface area contributed by atoms with E-state index in [2.05, 4.69) is 35.9 Å². The van der Waals surface area contributed by atoms with Crippen molar-refractivity contribution in [3.05, 3.63) is 10.9 Å². The van der Waals surface area contributed by atoms with Crippen LogP contribution in [0.4, 0.5) is 5.82 Å². The zero-order chi connectivity index (χ0) is 16.2. The summed E-state index contributed by atoms with van der Waals surface area (Å²) in [7, 11) is 3.34. The number of hydrogen-bond acceptors (Lipinski definition) is 6. The Morgan fingerprint density at radius 2 is 2.30 bits per heavy atom. The summed E-state index contributed by atoms with van der Waals surface area (Å²) in [5.74, 6) is 1.08. The first kappa shape index (κ1) is 14.9. The maximum Gasteiger partial charge on any atom is 0.313 e. The van der Waals surface area contributed by atoms with E-state index >= 15 is 0 Å². The minimum absolute atomic E-state index is 0.0851. The molecule has 0 radical (unpaired) electrons. The molecule has 2 aromatic rings. The molecule has 0 aromatic carbocycles. The van der Waals surface area contributed by atoms with Crippen molar-refractivity contribution >= 4 is 38.8 Å². The third kappa shape index (κ3) is 2.00. The average Bonchev–Trinajstić information content (AvgIpc) is 3.18. The first-order valence-electron chi connectivity index (χ1n) is 7.73. The largest absolute Gasteiger partial charge is 0.469 e. The minimum atomic E-state index is -0.388. The van der Waals surface area contributed by atoms with Gasteiger partial charge in [-0.05, 0) is 34.7 Å². The highest BCUT2D eigenvalue weighted by Crippen LogP contribution is 2.50. The molecule has 0 amide bonds. The Morgan fingerprint density at radius 3 is 3.09 bits per heavy atom. The first-order chi connectivity index (χ1) is 11.1. The van der Waals surface area contributed by atoms with Crippen LogP contribution in [-0.4, -0.2) is 45.9 Å². The highest BCUT2D eigenvalue weighted by Gasteiger charge is 2.56. The molecule has 1 aliphatic heterocycles. The van der Waals surface area contributed by atoms with Crippen LogP contribution in [0.3, 0.4) is 0 Å². The Hall–Kier alpha value is -1.70. The maximum absolute atomic E-state index is 12.4. The van der Waals surface area contributed by atoms with Crippen LogP contribution >= 0.6 is 15.9 Å². The van der Waals surface area contributed by atoms with Gasteiger partial charge in [0, 0.05) is 20.1 Å². The summed E-state index contributed by atoms with van der Waals surface area (Å²) in [5.41, 5.74) is 0.395. The molecule has 1 saturated heterocycles. The van der Waals surface area contributed by atoms with Crippen LogP contribution in [0.2, 0.25) is 0 Å². The van der Waals surface area contributed by atoms with Crippen molar-refractivity contribution in [1.82, 2.24) is 19.7 Å². The molecule has 1 aliphatic carbocycles. The van der Waals surface area contributed by atoms with Crippen LogP contribution in [0.25, 0.3) is 11.0 Å². The van der Waals surface area contributed by atoms with Gasteiger partial charge in [0.1, 0.15) is 16.7 Å². The van der Waals surface area contributed by atoms with Gasteiger partial charge in [-0.15, -0.1) is 0 Å². The highest BCUT2D eigenvalue weighted by atomic mass is 79.9. The van der Waals surface area contributed by atoms with Gasteiger partial charge in [-0.1, -0.05) is 6.42 Å². The van der Waals surface area contributed by atoms with E-state index in [4.69, 9.17) is 4.74 Å². The Morgan fingerprint density at radius 1 is 1.48 bits per heavy atom. The van der Waals surface area contributed by atoms with Gasteiger partial charge in [0.15, 0.2) is 5.65 Å². The SMILES string of the molecule is COC(=O)C12CCCC1CN(c1ncnc3c1c(Br)nn3C)C2. The summed E-state index contributed by atoms with van der Waals surface area (Å²) in [5, 5.41) is 5.27. The lowest BCUT2D eigenvalue weighted by molar-refractivity contribution is -0.152. The number of anilines is 1. The van der Waals surface area contributed by atoms with E-state index in [0.717, 1.165) is 47.3 Å². The number of methoxy groups -OCH3 is 1. The lowest BCUT2D eigenvalue weighted by Crippen LogP contribution is -2.37. The van der Waals surface area contributed by atoms with Crippen molar-refractivity contribution in [1.29, 1.82) is 0 Å². The number of nitrogens with zero attached hydrogens (tertiary/aromatic N) is 5. The summed E-state index contributed by atoms with van der Waals surface area (Å²) in [6, 6.07) is 0. The minimum Gasteiger partial charge on any atom is -0.469 e. The Balaban J connectivity index is 1.78. The summed E-state index contributed by atoms with van der Waals surface area (Å²) >= 11 is 3.50. The highest BCUT2D eigenvalue weighted by molar-refractivity contribution is 9.10. The van der Waals surface area contributed by atoms with Gasteiger partial charge in [0.2, 0.25) is 0 Å². The number of fused-ring (bicyclic) bond motifs is 2. The van der Waals surface area contributed by atoms with Crippen molar-refractivity contribution in [3.63, 3.8) is 0 Å². The second-order valence-electron chi connectivity index (χ2n) is 6.43. The summed E-state index contributed by atoms with van der Waals surface area (Å²) in [6.07, 6.45) is 4.60. The zero-order valence-corrected chi connectivity index (χ0v) is 14.7. The number of rotatable bonds is 2. The van der Waals surface area contributed by atoms with Gasteiger partial charge in [-0.2, -0.15) is 5.10 Å². The van der Waals surface area contributed by atoms with Crippen LogP contribution < -0.4 is 4.90 Å². The Labute approximate surface area is 142 Å². The molecule has 122 valence electrons. The fourth-order valence-corrected chi connectivity index (χ4v) is 4.85. The number of ether oxygens (including phenoxy) is 1. The topological polar surface area (TPSA) is 73.1 Å². The normalized spacial score (nSPS) is 26.7. The molecule has 8 heteroatoms. The number of aryl methyl sites for hydroxylation is 1. The number of carbonyl (C=O) groups excluding carboxylic acids is 1. The maximum atomic E-state index is 12.4. The smallest absolute Gasteiger partial charge is 0.313 e. The number of hydrogen-bond donors (Lipinski definition) is 0. The Kier molecular flexibility index (Phi) is 3.33. The standard InChI is InChI=1S/C15H18BrN5O2/c1-20-12-10(11(16)19-20)13(18-8-17-12)21-6-9-4-3-5-15(9,7-21)14(22)23-2/h8-9H,3-7H2,1-2H3. The van der Waals surface area contributed by atoms with Gasteiger partial charge in [-0.25, -0.2) is 14.6 Å². The van der Waals surface area contributed by atoms with E-state index in [-0.39, 0.29) is 11.4 Å². The second kappa shape index (κ2) is 5.15. The number of esters is 1. The predicted octanol–water partition coefficient (Wildman–Crippen LogP) is 1.91. The van der Waals surface area contributed by atoms with Crippen LogP contribution in [-0.2, 0) is 16.6 Å². The molecule has 2 aromatic heterocycles. The fraction of sp³-hybridized carbons (Fsp3) is 0.600. The molecule has 4 rings (SSSR count). The molecule has 3 heterocycles. The van der Waals surface area contributed by atoms with Crippen molar-refractivity contribution in [2.24, 2.45) is 18.4 Å². The molecule has 2 atom stereocenters. The van der Waals surface area contributed by atoms with Crippen LogP contribution in [0.5, 0.6) is 0 Å². The zero-order valence-electron chi connectivity index (χ0n) is 13.1. The number of carbonyl (C=O) groups is 1. The van der Waals surface area contributed by atoms with Crippen molar-refractivity contribution in [2.75, 3.05) is 25.1 Å². The first-order valence-corrected chi connectivity index (χ1v) is 8.52. The quantitative estimate of drug-likeness (QED) is 0.742. The molecule has 2 unspecified atom stereocenters. The number of aromatic nitrogens is 4. The molecule has 23 heavy (non-hydrogen) atoms. The summed E-state index contributed by atoms with van der Waals surface area (Å²) < 4.78 is 7.58. The summed E-state index contributed by atoms with van der Waals surface area (Å²) in [4.78, 5) is 23.4. The van der Waals surface area contributed by atoms with Gasteiger partial charge < -0.3 is 9.64 Å². The molecule has 2 aliphatic rings. The fourth-order valence-electron chi connectivity index (χ4n) is 4.25. The predicted molar refractivity (Wildman–Crippen MR) is 88.0 cm³/mol. The lowest BCUT2D eigenvalue weighted by atomic mass is 9.81. The monoisotopic (exact) mass is 379 g/mol. The van der Waals surface area contributed by atoms with E-state index in [1.807, 2.05) is 7.05 Å². The van der Waals surface area contributed by atoms with Crippen LogP contribution in [0.15, 0.2) is 10.9 Å². The van der Waals surface area contributed by atoms with Crippen LogP contribution in [0.1, 0.15) is 19.3 Å². The van der Waals surface area contributed by atoms with E-state index in [0.29, 0.717) is 12.5 Å². The van der Waals surface area contributed by atoms with Gasteiger partial charge in [-0.3, -0.25) is 4.79 Å². The van der Waals surface area contributed by atoms with Gasteiger partial charge in [0.25, 0.3) is 0 Å². The van der Waals surface area contributed by atoms with Crippen molar-refractivity contribution < 1.29 is 9.53 Å². The third-order valence-corrected chi connectivity index (χ3v) is 5.88. The third-order valence-electron chi connectivity index (χ3n) is 5.32. The van der Waals surface area contributed by atoms with Crippen LogP contribution in [0, 0.1) is 11.3 Å². The Bertz CT molecular complexity index is 792. The van der Waals surface area contributed by atoms with E-state index in [9.17, 15) is 4.79 Å². The molecule has 7 nitrogen and oxygen atoms in total. The van der Waals surface area contributed by atoms with Gasteiger partial charge in [0.05, 0.1) is 17.9 Å². The van der Waals surface area contributed by atoms with Gasteiger partial charge >= 0.3 is 5.97 Å². The second-order valence-corrected chi connectivity index (χ2v) is 7.18. The number of halogens is 1. The molecule has 0 N–H and O–H groups in total. The van der Waals surface area contributed by atoms with E-state index in [1.54, 1.807) is 11.0 Å². The molecular weight excluding hydrogens is 362 g/mol. The summed E-state index contributed by atoms with van der Waals surface area (Å²) in [6.45, 7) is 1.47. The van der Waals surface area contributed by atoms with Crippen molar-refractivity contribution in [2.45, 2.75) is 19.3 Å². The molecule has 0 bridgehead atoms. The van der Waals surface area contributed by atoms with Crippen molar-refractivity contribution in [3.8, 4) is 0 Å². The lowest BCUT2D eigenvalue weighted by Gasteiger charge is -2.25. The molecular formula is C15H18BrN5O2. The molecule has 0 spiro atoms. The molecule has 2 fully saturated rings. The van der Waals surface area contributed by atoms with E-state index in [1.165, 1.54) is 7.11 Å². The van der Waals surface area contributed by atoms with E-state index < -0.39 is 0 Å². The molecule has 1 saturated carbocycles.